The lowest BCUT2D eigenvalue weighted by Gasteiger charge is -2.09. The second-order valence-electron chi connectivity index (χ2n) is 6.83. The molecule has 0 saturated carbocycles. The molecule has 0 saturated heterocycles. The van der Waals surface area contributed by atoms with Crippen LogP contribution in [0, 0.1) is 6.92 Å². The summed E-state index contributed by atoms with van der Waals surface area (Å²) in [5.41, 5.74) is -0.430. The molecule has 0 amide bonds. The van der Waals surface area contributed by atoms with Gasteiger partial charge in [-0.3, -0.25) is 4.79 Å². The van der Waals surface area contributed by atoms with Gasteiger partial charge in [0.1, 0.15) is 21.8 Å². The third-order valence-electron chi connectivity index (χ3n) is 4.74. The summed E-state index contributed by atoms with van der Waals surface area (Å²) in [6.07, 6.45) is -1.51. The number of rotatable bonds is 3. The predicted molar refractivity (Wildman–Crippen MR) is 113 cm³/mol. The highest BCUT2D eigenvalue weighted by atomic mass is 35.5. The van der Waals surface area contributed by atoms with Gasteiger partial charge in [0.15, 0.2) is 5.82 Å². The Morgan fingerprint density at radius 2 is 1.97 bits per heavy atom. The van der Waals surface area contributed by atoms with E-state index in [-0.39, 0.29) is 27.7 Å². The minimum atomic E-state index is -4.51. The first-order valence-electron chi connectivity index (χ1n) is 9.13. The molecule has 4 heterocycles. The maximum absolute atomic E-state index is 13.0. The van der Waals surface area contributed by atoms with E-state index < -0.39 is 11.7 Å². The van der Waals surface area contributed by atoms with Gasteiger partial charge < -0.3 is 8.83 Å². The summed E-state index contributed by atoms with van der Waals surface area (Å²) >= 11 is 7.18. The molecular weight excluding hydrogens is 467 g/mol. The monoisotopic (exact) mass is 477 g/mol. The van der Waals surface area contributed by atoms with Crippen LogP contribution in [0.15, 0.2) is 56.3 Å². The average Bonchev–Trinajstić information content (AvgIpc) is 3.49. The summed E-state index contributed by atoms with van der Waals surface area (Å²) in [5.74, 6) is 1.45. The number of alkyl halides is 3. The fourth-order valence-electron chi connectivity index (χ4n) is 3.16. The molecule has 4 aromatic heterocycles. The van der Waals surface area contributed by atoms with Crippen LogP contribution in [-0.4, -0.2) is 14.6 Å². The molecule has 5 rings (SSSR count). The highest BCUT2D eigenvalue weighted by molar-refractivity contribution is 7.15. The van der Waals surface area contributed by atoms with Crippen molar-refractivity contribution in [2.45, 2.75) is 13.1 Å². The molecule has 0 radical (unpaired) electrons. The summed E-state index contributed by atoms with van der Waals surface area (Å²) in [6, 6.07) is 7.75. The summed E-state index contributed by atoms with van der Waals surface area (Å²) in [4.78, 5) is 17.5. The van der Waals surface area contributed by atoms with Crippen LogP contribution in [0.25, 0.3) is 33.7 Å². The van der Waals surface area contributed by atoms with Crippen molar-refractivity contribution < 1.29 is 22.0 Å². The van der Waals surface area contributed by atoms with E-state index in [1.54, 1.807) is 19.1 Å². The van der Waals surface area contributed by atoms with E-state index in [2.05, 4.69) is 10.1 Å². The molecule has 0 aliphatic carbocycles. The number of hydrogen-bond donors (Lipinski definition) is 0. The number of aromatic nitrogens is 3. The molecule has 0 spiro atoms. The Hall–Kier alpha value is -3.37. The Balaban J connectivity index is 1.52. The van der Waals surface area contributed by atoms with Crippen LogP contribution in [0.4, 0.5) is 13.2 Å². The molecule has 6 nitrogen and oxygen atoms in total. The maximum Gasteiger partial charge on any atom is 0.416 e. The number of nitrogens with zero attached hydrogens (tertiary/aromatic N) is 3. The number of thiazole rings is 1. The fraction of sp³-hybridized carbons (Fsp3) is 0.0952. The summed E-state index contributed by atoms with van der Waals surface area (Å²) < 4.78 is 51.5. The van der Waals surface area contributed by atoms with Crippen molar-refractivity contribution in [1.29, 1.82) is 0 Å². The fourth-order valence-corrected chi connectivity index (χ4v) is 4.26. The smallest absolute Gasteiger partial charge is 0.416 e. The molecule has 1 aromatic carbocycles. The van der Waals surface area contributed by atoms with Gasteiger partial charge in [-0.25, -0.2) is 0 Å². The highest BCUT2D eigenvalue weighted by Crippen LogP contribution is 2.36. The van der Waals surface area contributed by atoms with E-state index in [9.17, 15) is 18.0 Å². The Bertz CT molecular complexity index is 1580. The van der Waals surface area contributed by atoms with Crippen molar-refractivity contribution in [3.05, 3.63) is 79.7 Å². The van der Waals surface area contributed by atoms with Crippen molar-refractivity contribution in [2.75, 3.05) is 0 Å². The van der Waals surface area contributed by atoms with Crippen LogP contribution < -0.4 is 10.1 Å². The second-order valence-corrected chi connectivity index (χ2v) is 8.25. The average molecular weight is 478 g/mol. The van der Waals surface area contributed by atoms with Crippen molar-refractivity contribution in [3.63, 3.8) is 0 Å². The van der Waals surface area contributed by atoms with E-state index in [0.717, 1.165) is 23.5 Å². The molecule has 0 fully saturated rings. The van der Waals surface area contributed by atoms with Gasteiger partial charge in [0.05, 0.1) is 22.4 Å². The van der Waals surface area contributed by atoms with Crippen LogP contribution in [0.1, 0.15) is 17.1 Å². The van der Waals surface area contributed by atoms with E-state index in [1.807, 2.05) is 0 Å². The summed E-state index contributed by atoms with van der Waals surface area (Å²) in [7, 11) is 0. The molecular formula is C21H11ClF3N3O3S. The first-order valence-corrected chi connectivity index (χ1v) is 10.3. The lowest BCUT2D eigenvalue weighted by molar-refractivity contribution is -0.137. The second kappa shape index (κ2) is 7.35. The predicted octanol–water partition coefficient (Wildman–Crippen LogP) is 5.20. The number of halogens is 4. The van der Waals surface area contributed by atoms with Crippen molar-refractivity contribution in [2.24, 2.45) is 0 Å². The van der Waals surface area contributed by atoms with Crippen LogP contribution in [0.5, 0.6) is 0 Å². The molecule has 11 heteroatoms. The van der Waals surface area contributed by atoms with Crippen molar-refractivity contribution in [1.82, 2.24) is 14.6 Å². The molecule has 5 aromatic rings. The van der Waals surface area contributed by atoms with Crippen LogP contribution in [0.2, 0.25) is 5.02 Å². The minimum Gasteiger partial charge on any atom is -0.469 e. The van der Waals surface area contributed by atoms with Crippen LogP contribution in [-0.2, 0) is 6.18 Å². The van der Waals surface area contributed by atoms with E-state index in [4.69, 9.17) is 20.4 Å². The Morgan fingerprint density at radius 1 is 1.16 bits per heavy atom. The van der Waals surface area contributed by atoms with Crippen molar-refractivity contribution >= 4 is 34.0 Å². The van der Waals surface area contributed by atoms with Gasteiger partial charge in [-0.1, -0.05) is 22.9 Å². The van der Waals surface area contributed by atoms with Crippen LogP contribution >= 0.6 is 22.9 Å². The Kier molecular flexibility index (Phi) is 4.72. The largest absolute Gasteiger partial charge is 0.469 e. The van der Waals surface area contributed by atoms with Gasteiger partial charge in [-0.05, 0) is 43.3 Å². The quantitative estimate of drug-likeness (QED) is 0.357. The van der Waals surface area contributed by atoms with Gasteiger partial charge >= 0.3 is 6.18 Å². The number of hydrogen-bond acceptors (Lipinski definition) is 6. The zero-order chi connectivity index (χ0) is 22.6. The molecule has 0 bridgehead atoms. The lowest BCUT2D eigenvalue weighted by Crippen LogP contribution is -2.23. The summed E-state index contributed by atoms with van der Waals surface area (Å²) in [6.45, 7) is 1.77. The minimum absolute atomic E-state index is 0.103. The molecule has 0 aliphatic rings. The van der Waals surface area contributed by atoms with E-state index >= 15 is 0 Å². The summed E-state index contributed by atoms with van der Waals surface area (Å²) in [5, 5.41) is 4.36. The third kappa shape index (κ3) is 3.51. The Morgan fingerprint density at radius 3 is 2.66 bits per heavy atom. The van der Waals surface area contributed by atoms with Gasteiger partial charge in [0, 0.05) is 11.6 Å². The molecule has 162 valence electrons. The lowest BCUT2D eigenvalue weighted by atomic mass is 10.1. The standard InChI is InChI=1S/C21H11ClF3N3O3S/c1-10-13(6-7-30-10)18-26-20-28(27-18)19(29)17(32-20)9-12-3-5-16(31-12)14-8-11(21(23,24)25)2-4-15(14)22/h2-9H,1H3. The van der Waals surface area contributed by atoms with E-state index in [1.165, 1.54) is 29.0 Å². The number of furan rings is 2. The molecule has 0 atom stereocenters. The van der Waals surface area contributed by atoms with Gasteiger partial charge in [-0.2, -0.15) is 22.7 Å². The number of fused-ring (bicyclic) bond motifs is 1. The van der Waals surface area contributed by atoms with Gasteiger partial charge in [-0.15, -0.1) is 5.10 Å². The van der Waals surface area contributed by atoms with Crippen molar-refractivity contribution in [3.8, 4) is 22.7 Å². The first-order chi connectivity index (χ1) is 15.2. The number of benzene rings is 1. The topological polar surface area (TPSA) is 73.5 Å². The Labute approximate surface area is 186 Å². The number of aryl methyl sites for hydroxylation is 1. The van der Waals surface area contributed by atoms with Crippen LogP contribution in [0.3, 0.4) is 0 Å². The highest BCUT2D eigenvalue weighted by Gasteiger charge is 2.31. The zero-order valence-corrected chi connectivity index (χ0v) is 17.7. The van der Waals surface area contributed by atoms with E-state index in [0.29, 0.717) is 26.6 Å². The zero-order valence-electron chi connectivity index (χ0n) is 16.1. The molecule has 0 N–H and O–H groups in total. The van der Waals surface area contributed by atoms with Gasteiger partial charge in [0.25, 0.3) is 5.56 Å². The SMILES string of the molecule is Cc1occc1-c1nc2sc(=Cc3ccc(-c4cc(C(F)(F)F)ccc4Cl)o3)c(=O)n2n1. The maximum atomic E-state index is 13.0. The first kappa shape index (κ1) is 20.5. The normalized spacial score (nSPS) is 12.8. The van der Waals surface area contributed by atoms with Gasteiger partial charge in [0.2, 0.25) is 4.96 Å². The molecule has 0 unspecified atom stereocenters. The molecule has 32 heavy (non-hydrogen) atoms. The molecule has 0 aliphatic heterocycles. The third-order valence-corrected chi connectivity index (χ3v) is 6.03.